The van der Waals surface area contributed by atoms with E-state index in [2.05, 4.69) is 0 Å². The quantitative estimate of drug-likeness (QED) is 0.686. The van der Waals surface area contributed by atoms with Gasteiger partial charge in [0.05, 0.1) is 12.1 Å². The predicted octanol–water partition coefficient (Wildman–Crippen LogP) is 1.77. The van der Waals surface area contributed by atoms with Crippen LogP contribution in [0.4, 0.5) is 4.79 Å². The van der Waals surface area contributed by atoms with Crippen molar-refractivity contribution >= 4 is 6.09 Å². The first-order valence-electron chi connectivity index (χ1n) is 6.04. The van der Waals surface area contributed by atoms with Crippen LogP contribution in [0.1, 0.15) is 40.0 Å². The van der Waals surface area contributed by atoms with E-state index < -0.39 is 5.60 Å². The predicted molar refractivity (Wildman–Crippen MR) is 60.1 cm³/mol. The number of carbonyl (C=O) groups excluding carboxylic acids is 1. The number of hydrogen-bond acceptors (Lipinski definition) is 3. The van der Waals surface area contributed by atoms with Crippen LogP contribution in [0.15, 0.2) is 0 Å². The van der Waals surface area contributed by atoms with E-state index in [1.807, 2.05) is 20.8 Å². The van der Waals surface area contributed by atoms with E-state index in [0.29, 0.717) is 5.92 Å². The number of amides is 1. The van der Waals surface area contributed by atoms with Crippen molar-refractivity contribution in [1.29, 1.82) is 0 Å². The van der Waals surface area contributed by atoms with Crippen LogP contribution in [0.25, 0.3) is 0 Å². The molecule has 3 fully saturated rings. The lowest BCUT2D eigenvalue weighted by Gasteiger charge is -2.47. The lowest BCUT2D eigenvalue weighted by Crippen LogP contribution is -2.58. The molecule has 0 spiro atoms. The van der Waals surface area contributed by atoms with E-state index >= 15 is 0 Å². The molecule has 3 aliphatic rings. The highest BCUT2D eigenvalue weighted by atomic mass is 16.6. The molecule has 1 saturated carbocycles. The smallest absolute Gasteiger partial charge is 0.410 e. The Kier molecular flexibility index (Phi) is 2.86. The Morgan fingerprint density at radius 1 is 1.38 bits per heavy atom. The molecule has 0 aromatic rings. The molecule has 3 atom stereocenters. The SMILES string of the molecule is CC(C)(C)OC(=O)N1C[C@H]2CC[C@@H]1[C@@H](O)C2. The summed E-state index contributed by atoms with van der Waals surface area (Å²) in [7, 11) is 0. The number of nitrogens with zero attached hydrogens (tertiary/aromatic N) is 1. The lowest BCUT2D eigenvalue weighted by molar-refractivity contribution is -0.0637. The van der Waals surface area contributed by atoms with Gasteiger partial charge >= 0.3 is 6.09 Å². The summed E-state index contributed by atoms with van der Waals surface area (Å²) in [4.78, 5) is 13.7. The third-order valence-corrected chi connectivity index (χ3v) is 3.37. The first kappa shape index (κ1) is 11.7. The van der Waals surface area contributed by atoms with E-state index in [4.69, 9.17) is 4.74 Å². The Balaban J connectivity index is 2.02. The lowest BCUT2D eigenvalue weighted by atomic mass is 9.78. The van der Waals surface area contributed by atoms with Gasteiger partial charge in [-0.05, 0) is 46.0 Å². The minimum atomic E-state index is -0.460. The van der Waals surface area contributed by atoms with E-state index in [1.165, 1.54) is 0 Å². The fraction of sp³-hybridized carbons (Fsp3) is 0.917. The molecule has 0 aromatic carbocycles. The van der Waals surface area contributed by atoms with Gasteiger partial charge in [-0.25, -0.2) is 4.79 Å². The molecular formula is C12H21NO3. The third-order valence-electron chi connectivity index (χ3n) is 3.37. The zero-order chi connectivity index (χ0) is 11.9. The van der Waals surface area contributed by atoms with Gasteiger partial charge in [0.2, 0.25) is 0 Å². The van der Waals surface area contributed by atoms with Crippen LogP contribution in [-0.2, 0) is 4.74 Å². The van der Waals surface area contributed by atoms with Crippen molar-refractivity contribution in [3.05, 3.63) is 0 Å². The minimum Gasteiger partial charge on any atom is -0.444 e. The van der Waals surface area contributed by atoms with E-state index in [9.17, 15) is 9.90 Å². The molecule has 92 valence electrons. The Bertz CT molecular complexity index is 284. The molecule has 1 aliphatic carbocycles. The van der Waals surface area contributed by atoms with Gasteiger partial charge < -0.3 is 14.7 Å². The van der Waals surface area contributed by atoms with Crippen LogP contribution >= 0.6 is 0 Å². The van der Waals surface area contributed by atoms with Gasteiger partial charge in [0.1, 0.15) is 5.60 Å². The van der Waals surface area contributed by atoms with Crippen molar-refractivity contribution < 1.29 is 14.6 Å². The fourth-order valence-electron chi connectivity index (χ4n) is 2.69. The van der Waals surface area contributed by atoms with Crippen LogP contribution in [0.5, 0.6) is 0 Å². The van der Waals surface area contributed by atoms with Gasteiger partial charge in [-0.15, -0.1) is 0 Å². The normalized spacial score (nSPS) is 34.0. The minimum absolute atomic E-state index is 0.0279. The summed E-state index contributed by atoms with van der Waals surface area (Å²) in [6.45, 7) is 6.34. The highest BCUT2D eigenvalue weighted by Crippen LogP contribution is 2.35. The van der Waals surface area contributed by atoms with Gasteiger partial charge in [-0.2, -0.15) is 0 Å². The van der Waals surface area contributed by atoms with Crippen LogP contribution in [0.3, 0.4) is 0 Å². The number of piperidine rings is 2. The van der Waals surface area contributed by atoms with Gasteiger partial charge in [-0.1, -0.05) is 0 Å². The van der Waals surface area contributed by atoms with Crippen molar-refractivity contribution in [2.45, 2.75) is 57.8 Å². The van der Waals surface area contributed by atoms with Crippen molar-refractivity contribution in [3.8, 4) is 0 Å². The van der Waals surface area contributed by atoms with Crippen molar-refractivity contribution in [1.82, 2.24) is 4.90 Å². The van der Waals surface area contributed by atoms with E-state index in [1.54, 1.807) is 4.90 Å². The highest BCUT2D eigenvalue weighted by Gasteiger charge is 2.43. The largest absolute Gasteiger partial charge is 0.444 e. The van der Waals surface area contributed by atoms with Crippen LogP contribution in [-0.4, -0.2) is 40.4 Å². The van der Waals surface area contributed by atoms with Crippen molar-refractivity contribution in [2.75, 3.05) is 6.54 Å². The summed E-state index contributed by atoms with van der Waals surface area (Å²) in [5, 5.41) is 9.87. The van der Waals surface area contributed by atoms with Crippen LogP contribution < -0.4 is 0 Å². The van der Waals surface area contributed by atoms with Crippen molar-refractivity contribution in [2.24, 2.45) is 5.92 Å². The second kappa shape index (κ2) is 3.91. The first-order chi connectivity index (χ1) is 7.37. The summed E-state index contributed by atoms with van der Waals surface area (Å²) in [5.74, 6) is 0.451. The van der Waals surface area contributed by atoms with Gasteiger partial charge in [-0.3, -0.25) is 0 Å². The molecule has 0 radical (unpaired) electrons. The number of hydrogen-bond donors (Lipinski definition) is 1. The number of aliphatic hydroxyl groups excluding tert-OH is 1. The second-order valence-electron chi connectivity index (χ2n) is 5.95. The molecule has 0 aromatic heterocycles. The van der Waals surface area contributed by atoms with E-state index in [0.717, 1.165) is 25.8 Å². The number of carbonyl (C=O) groups is 1. The monoisotopic (exact) mass is 227 g/mol. The zero-order valence-corrected chi connectivity index (χ0v) is 10.3. The van der Waals surface area contributed by atoms with Crippen LogP contribution in [0, 0.1) is 5.92 Å². The van der Waals surface area contributed by atoms with Crippen LogP contribution in [0.2, 0.25) is 0 Å². The standard InChI is InChI=1S/C12H21NO3/c1-12(2,3)16-11(15)13-7-8-4-5-9(13)10(14)6-8/h8-10,14H,4-7H2,1-3H3/t8-,9+,10-/m0/s1. The molecule has 1 amide bonds. The molecule has 2 bridgehead atoms. The van der Waals surface area contributed by atoms with Gasteiger partial charge in [0, 0.05) is 6.54 Å². The maximum Gasteiger partial charge on any atom is 0.410 e. The average Bonchev–Trinajstić information content (AvgIpc) is 2.15. The zero-order valence-electron chi connectivity index (χ0n) is 10.3. The average molecular weight is 227 g/mol. The molecule has 3 rings (SSSR count). The summed E-state index contributed by atoms with van der Waals surface area (Å²) >= 11 is 0. The topological polar surface area (TPSA) is 49.8 Å². The van der Waals surface area contributed by atoms with E-state index in [-0.39, 0.29) is 18.2 Å². The molecular weight excluding hydrogens is 206 g/mol. The Labute approximate surface area is 96.6 Å². The Morgan fingerprint density at radius 3 is 2.56 bits per heavy atom. The third kappa shape index (κ3) is 2.32. The molecule has 2 heterocycles. The molecule has 2 saturated heterocycles. The first-order valence-corrected chi connectivity index (χ1v) is 6.04. The van der Waals surface area contributed by atoms with Gasteiger partial charge in [0.25, 0.3) is 0 Å². The molecule has 1 N–H and O–H groups in total. The summed E-state index contributed by atoms with van der Waals surface area (Å²) in [6, 6.07) is -0.0279. The fourth-order valence-corrected chi connectivity index (χ4v) is 2.69. The maximum atomic E-state index is 11.9. The Hall–Kier alpha value is -0.770. The molecule has 4 nitrogen and oxygen atoms in total. The summed E-state index contributed by atoms with van der Waals surface area (Å²) < 4.78 is 5.35. The van der Waals surface area contributed by atoms with Crippen molar-refractivity contribution in [3.63, 3.8) is 0 Å². The number of rotatable bonds is 0. The highest BCUT2D eigenvalue weighted by molar-refractivity contribution is 5.69. The molecule has 16 heavy (non-hydrogen) atoms. The Morgan fingerprint density at radius 2 is 2.06 bits per heavy atom. The number of fused-ring (bicyclic) bond motifs is 3. The molecule has 2 aliphatic heterocycles. The molecule has 4 heteroatoms. The molecule has 0 unspecified atom stereocenters. The summed E-state index contributed by atoms with van der Waals surface area (Å²) in [5.41, 5.74) is -0.460. The number of aliphatic hydroxyl groups is 1. The maximum absolute atomic E-state index is 11.9. The van der Waals surface area contributed by atoms with Gasteiger partial charge in [0.15, 0.2) is 0 Å². The number of ether oxygens (including phenoxy) is 1. The second-order valence-corrected chi connectivity index (χ2v) is 5.95. The summed E-state index contributed by atoms with van der Waals surface area (Å²) in [6.07, 6.45) is 2.23.